The molecule has 0 aliphatic carbocycles. The normalized spacial score (nSPS) is 37.3. The molecule has 3 atom stereocenters. The van der Waals surface area contributed by atoms with E-state index in [4.69, 9.17) is 4.74 Å². The van der Waals surface area contributed by atoms with Crippen LogP contribution in [0.3, 0.4) is 0 Å². The standard InChI is InChI=1S/C11H20N2O2/c1-8-7-9(4-6-15-8)12-10-3-5-13(2)11(10)14/h8-10,12H,3-7H2,1-2H3. The lowest BCUT2D eigenvalue weighted by Crippen LogP contribution is -2.46. The number of nitrogens with one attached hydrogen (secondary N) is 1. The van der Waals surface area contributed by atoms with Gasteiger partial charge in [0, 0.05) is 26.2 Å². The van der Waals surface area contributed by atoms with Crippen molar-refractivity contribution in [2.24, 2.45) is 0 Å². The molecule has 0 bridgehead atoms. The molecule has 86 valence electrons. The fraction of sp³-hybridized carbons (Fsp3) is 0.909. The van der Waals surface area contributed by atoms with E-state index in [0.29, 0.717) is 12.1 Å². The Labute approximate surface area is 91.0 Å². The fourth-order valence-corrected chi connectivity index (χ4v) is 2.41. The lowest BCUT2D eigenvalue weighted by molar-refractivity contribution is -0.128. The molecule has 3 unspecified atom stereocenters. The van der Waals surface area contributed by atoms with E-state index in [2.05, 4.69) is 12.2 Å². The molecule has 4 nitrogen and oxygen atoms in total. The van der Waals surface area contributed by atoms with Gasteiger partial charge in [0.25, 0.3) is 0 Å². The van der Waals surface area contributed by atoms with Crippen LogP contribution in [0, 0.1) is 0 Å². The number of hydrogen-bond acceptors (Lipinski definition) is 3. The van der Waals surface area contributed by atoms with Crippen LogP contribution in [-0.2, 0) is 9.53 Å². The van der Waals surface area contributed by atoms with Crippen LogP contribution >= 0.6 is 0 Å². The Morgan fingerprint density at radius 1 is 1.47 bits per heavy atom. The van der Waals surface area contributed by atoms with E-state index in [1.165, 1.54) is 0 Å². The van der Waals surface area contributed by atoms with E-state index >= 15 is 0 Å². The van der Waals surface area contributed by atoms with Gasteiger partial charge in [0.15, 0.2) is 0 Å². The largest absolute Gasteiger partial charge is 0.378 e. The van der Waals surface area contributed by atoms with E-state index in [1.54, 1.807) is 4.90 Å². The summed E-state index contributed by atoms with van der Waals surface area (Å²) in [4.78, 5) is 13.5. The Bertz CT molecular complexity index is 245. The summed E-state index contributed by atoms with van der Waals surface area (Å²) in [7, 11) is 1.87. The summed E-state index contributed by atoms with van der Waals surface area (Å²) in [5.41, 5.74) is 0. The second-order valence-corrected chi connectivity index (χ2v) is 4.67. The first-order valence-corrected chi connectivity index (χ1v) is 5.79. The average Bonchev–Trinajstić information content (AvgIpc) is 2.50. The van der Waals surface area contributed by atoms with E-state index in [1.807, 2.05) is 7.05 Å². The number of carbonyl (C=O) groups is 1. The fourth-order valence-electron chi connectivity index (χ4n) is 2.41. The van der Waals surface area contributed by atoms with Gasteiger partial charge in [-0.05, 0) is 26.2 Å². The summed E-state index contributed by atoms with van der Waals surface area (Å²) in [6, 6.07) is 0.500. The summed E-state index contributed by atoms with van der Waals surface area (Å²) in [5.74, 6) is 0.245. The Kier molecular flexibility index (Phi) is 3.26. The number of carbonyl (C=O) groups excluding carboxylic acids is 1. The SMILES string of the molecule is CC1CC(NC2CCN(C)C2=O)CCO1. The van der Waals surface area contributed by atoms with E-state index in [-0.39, 0.29) is 11.9 Å². The number of rotatable bonds is 2. The molecule has 0 aromatic rings. The first kappa shape index (κ1) is 10.9. The van der Waals surface area contributed by atoms with E-state index < -0.39 is 0 Å². The molecule has 1 amide bonds. The maximum atomic E-state index is 11.7. The van der Waals surface area contributed by atoms with Crippen molar-refractivity contribution in [3.63, 3.8) is 0 Å². The number of likely N-dealkylation sites (tertiary alicyclic amines) is 1. The van der Waals surface area contributed by atoms with Crippen LogP contribution in [0.4, 0.5) is 0 Å². The molecule has 2 heterocycles. The smallest absolute Gasteiger partial charge is 0.239 e. The third-order valence-electron chi connectivity index (χ3n) is 3.35. The highest BCUT2D eigenvalue weighted by atomic mass is 16.5. The molecular formula is C11H20N2O2. The molecule has 2 aliphatic rings. The number of nitrogens with zero attached hydrogens (tertiary/aromatic N) is 1. The number of amides is 1. The van der Waals surface area contributed by atoms with Crippen molar-refractivity contribution in [1.29, 1.82) is 0 Å². The van der Waals surface area contributed by atoms with Crippen molar-refractivity contribution in [2.75, 3.05) is 20.2 Å². The summed E-state index contributed by atoms with van der Waals surface area (Å²) < 4.78 is 5.49. The third-order valence-corrected chi connectivity index (χ3v) is 3.35. The van der Waals surface area contributed by atoms with E-state index in [0.717, 1.165) is 32.4 Å². The van der Waals surface area contributed by atoms with Crippen molar-refractivity contribution in [2.45, 2.75) is 44.4 Å². The predicted molar refractivity (Wildman–Crippen MR) is 57.6 cm³/mol. The number of ether oxygens (including phenoxy) is 1. The molecule has 4 heteroatoms. The lowest BCUT2D eigenvalue weighted by atomic mass is 10.0. The zero-order valence-electron chi connectivity index (χ0n) is 9.53. The number of hydrogen-bond donors (Lipinski definition) is 1. The third kappa shape index (κ3) is 2.49. The molecule has 0 saturated carbocycles. The summed E-state index contributed by atoms with van der Waals surface area (Å²) in [6.07, 6.45) is 3.32. The molecule has 0 radical (unpaired) electrons. The Morgan fingerprint density at radius 2 is 2.27 bits per heavy atom. The Morgan fingerprint density at radius 3 is 2.87 bits per heavy atom. The quantitative estimate of drug-likeness (QED) is 0.719. The van der Waals surface area contributed by atoms with Crippen LogP contribution in [0.5, 0.6) is 0 Å². The first-order chi connectivity index (χ1) is 7.16. The maximum absolute atomic E-state index is 11.7. The van der Waals surface area contributed by atoms with Gasteiger partial charge in [-0.1, -0.05) is 0 Å². The summed E-state index contributed by atoms with van der Waals surface area (Å²) >= 11 is 0. The van der Waals surface area contributed by atoms with Gasteiger partial charge in [-0.2, -0.15) is 0 Å². The van der Waals surface area contributed by atoms with Gasteiger partial charge in [-0.3, -0.25) is 4.79 Å². The van der Waals surface area contributed by atoms with E-state index in [9.17, 15) is 4.79 Å². The van der Waals surface area contributed by atoms with Crippen molar-refractivity contribution in [3.05, 3.63) is 0 Å². The van der Waals surface area contributed by atoms with Crippen molar-refractivity contribution < 1.29 is 9.53 Å². The van der Waals surface area contributed by atoms with Crippen molar-refractivity contribution >= 4 is 5.91 Å². The molecular weight excluding hydrogens is 192 g/mol. The van der Waals surface area contributed by atoms with Gasteiger partial charge < -0.3 is 15.0 Å². The lowest BCUT2D eigenvalue weighted by Gasteiger charge is -2.29. The highest BCUT2D eigenvalue weighted by Gasteiger charge is 2.31. The first-order valence-electron chi connectivity index (χ1n) is 5.79. The van der Waals surface area contributed by atoms with Gasteiger partial charge in [0.2, 0.25) is 5.91 Å². The minimum Gasteiger partial charge on any atom is -0.378 e. The molecule has 15 heavy (non-hydrogen) atoms. The van der Waals surface area contributed by atoms with Gasteiger partial charge in [-0.25, -0.2) is 0 Å². The van der Waals surface area contributed by atoms with Gasteiger partial charge in [0.05, 0.1) is 12.1 Å². The maximum Gasteiger partial charge on any atom is 0.239 e. The van der Waals surface area contributed by atoms with Gasteiger partial charge in [-0.15, -0.1) is 0 Å². The molecule has 2 aliphatic heterocycles. The second-order valence-electron chi connectivity index (χ2n) is 4.67. The molecule has 1 N–H and O–H groups in total. The molecule has 0 aromatic heterocycles. The highest BCUT2D eigenvalue weighted by molar-refractivity contribution is 5.83. The predicted octanol–water partition coefficient (Wildman–Crippen LogP) is 0.374. The molecule has 2 rings (SSSR count). The van der Waals surface area contributed by atoms with Gasteiger partial charge in [0.1, 0.15) is 0 Å². The summed E-state index contributed by atoms with van der Waals surface area (Å²) in [6.45, 7) is 3.79. The molecule has 2 fully saturated rings. The zero-order valence-corrected chi connectivity index (χ0v) is 9.53. The van der Waals surface area contributed by atoms with Crippen molar-refractivity contribution in [3.8, 4) is 0 Å². The van der Waals surface area contributed by atoms with Crippen LogP contribution in [-0.4, -0.2) is 49.2 Å². The van der Waals surface area contributed by atoms with Crippen LogP contribution in [0.15, 0.2) is 0 Å². The van der Waals surface area contributed by atoms with Gasteiger partial charge >= 0.3 is 0 Å². The average molecular weight is 212 g/mol. The Hall–Kier alpha value is -0.610. The summed E-state index contributed by atoms with van der Waals surface area (Å²) in [5, 5.41) is 3.46. The van der Waals surface area contributed by atoms with Crippen molar-refractivity contribution in [1.82, 2.24) is 10.2 Å². The minimum absolute atomic E-state index is 0.0466. The number of likely N-dealkylation sites (N-methyl/N-ethyl adjacent to an activating group) is 1. The minimum atomic E-state index is 0.0466. The zero-order chi connectivity index (χ0) is 10.8. The molecule has 2 saturated heterocycles. The van der Waals surface area contributed by atoms with Crippen LogP contribution in [0.2, 0.25) is 0 Å². The topological polar surface area (TPSA) is 41.6 Å². The molecule has 0 aromatic carbocycles. The monoisotopic (exact) mass is 212 g/mol. The van der Waals surface area contributed by atoms with Crippen LogP contribution in [0.25, 0.3) is 0 Å². The second kappa shape index (κ2) is 4.49. The van der Waals surface area contributed by atoms with Crippen LogP contribution in [0.1, 0.15) is 26.2 Å². The Balaban J connectivity index is 1.83. The highest BCUT2D eigenvalue weighted by Crippen LogP contribution is 2.16. The van der Waals surface area contributed by atoms with Crippen LogP contribution < -0.4 is 5.32 Å². The molecule has 0 spiro atoms.